The fourth-order valence-corrected chi connectivity index (χ4v) is 14.9. The number of fused-ring (bicyclic) bond motifs is 14. The van der Waals surface area contributed by atoms with Crippen LogP contribution in [0.3, 0.4) is 0 Å². The molecule has 0 N–H and O–H groups in total. The zero-order valence-corrected chi connectivity index (χ0v) is 43.3. The summed E-state index contributed by atoms with van der Waals surface area (Å²) in [6.45, 7) is 4.73. The van der Waals surface area contributed by atoms with Gasteiger partial charge < -0.3 is 18.0 Å². The molecule has 2 fully saturated rings. The summed E-state index contributed by atoms with van der Waals surface area (Å²) < 4.78 is 18.8. The lowest BCUT2D eigenvalue weighted by molar-refractivity contribution is 0.434. The highest BCUT2D eigenvalue weighted by atomic mass is 16.3. The zero-order chi connectivity index (χ0) is 50.6. The van der Waals surface area contributed by atoms with Crippen molar-refractivity contribution in [3.8, 4) is 34.0 Å². The monoisotopic (exact) mass is 985 g/mol. The predicted molar refractivity (Wildman–Crippen MR) is 315 cm³/mol. The van der Waals surface area contributed by atoms with Gasteiger partial charge in [0, 0.05) is 54.2 Å². The molecule has 9 aromatic carbocycles. The molecule has 0 saturated heterocycles. The van der Waals surface area contributed by atoms with E-state index in [1.807, 2.05) is 0 Å². The first kappa shape index (κ1) is 45.1. The van der Waals surface area contributed by atoms with Crippen LogP contribution < -0.4 is 0 Å². The number of aryl methyl sites for hydroxylation is 1. The molecule has 0 spiro atoms. The zero-order valence-electron chi connectivity index (χ0n) is 43.3. The number of hydrogen-bond acceptors (Lipinski definition) is 3. The summed E-state index contributed by atoms with van der Waals surface area (Å²) in [4.78, 5) is 0. The van der Waals surface area contributed by atoms with Crippen molar-refractivity contribution < 1.29 is 8.83 Å². The van der Waals surface area contributed by atoms with Gasteiger partial charge in [-0.3, -0.25) is 0 Å². The minimum atomic E-state index is -0.136. The molecule has 5 nitrogen and oxygen atoms in total. The molecular weight excluding hydrogens is 927 g/mol. The Morgan fingerprint density at radius 2 is 0.961 bits per heavy atom. The van der Waals surface area contributed by atoms with Crippen LogP contribution in [-0.4, -0.2) is 9.13 Å². The maximum Gasteiger partial charge on any atom is 0.136 e. The van der Waals surface area contributed by atoms with Gasteiger partial charge in [-0.1, -0.05) is 161 Å². The molecule has 5 heteroatoms. The molecule has 2 aliphatic rings. The Hall–Kier alpha value is -8.33. The van der Waals surface area contributed by atoms with E-state index in [2.05, 4.69) is 199 Å². The third-order valence-corrected chi connectivity index (χ3v) is 18.0. The van der Waals surface area contributed by atoms with E-state index in [0.29, 0.717) is 11.5 Å². The number of nitrogens with zero attached hydrogens (tertiary/aromatic N) is 3. The Balaban J connectivity index is 1.20. The van der Waals surface area contributed by atoms with Crippen LogP contribution in [0.5, 0.6) is 0 Å². The van der Waals surface area contributed by atoms with Gasteiger partial charge in [0.25, 0.3) is 0 Å². The standard InChI is InChI=1S/C71H59N3O2/c1-3-53(73-54-34-18-14-30-49(54)64-56(73)38-40-60-66(64)51-32-16-20-36-58(51)75-60)70-68(47-28-12-10-22-43(47)2)62(44-23-6-4-7-24-44)71(63(45-25-8-5-9-26-45)69(70)48-29-13-11-27-46(48)42-72)74-55-35-19-15-31-50(55)65-57(74)39-41-61-67(65)52-33-17-21-37-59(52)76-61/h10-22,27-41,44-45,53H,3-9,23-26H2,1-2H3. The van der Waals surface area contributed by atoms with E-state index < -0.39 is 0 Å². The molecule has 0 radical (unpaired) electrons. The van der Waals surface area contributed by atoms with Gasteiger partial charge in [-0.25, -0.2) is 0 Å². The maximum absolute atomic E-state index is 11.5. The molecule has 2 saturated carbocycles. The molecule has 1 atom stereocenters. The molecule has 1 unspecified atom stereocenters. The van der Waals surface area contributed by atoms with Crippen LogP contribution >= 0.6 is 0 Å². The number of benzene rings is 9. The van der Waals surface area contributed by atoms with E-state index in [9.17, 15) is 5.26 Å². The second-order valence-corrected chi connectivity index (χ2v) is 22.0. The fourth-order valence-electron chi connectivity index (χ4n) is 14.9. The number of para-hydroxylation sites is 4. The topological polar surface area (TPSA) is 59.9 Å². The highest BCUT2D eigenvalue weighted by Crippen LogP contribution is 2.58. The third-order valence-electron chi connectivity index (χ3n) is 18.0. The summed E-state index contributed by atoms with van der Waals surface area (Å²) in [7, 11) is 0. The van der Waals surface area contributed by atoms with Crippen LogP contribution in [0.15, 0.2) is 179 Å². The molecule has 13 aromatic rings. The van der Waals surface area contributed by atoms with Crippen molar-refractivity contribution in [2.24, 2.45) is 0 Å². The summed E-state index contributed by atoms with van der Waals surface area (Å²) in [5, 5.41) is 21.1. The average Bonchev–Trinajstić information content (AvgIpc) is 4.41. The lowest BCUT2D eigenvalue weighted by Gasteiger charge is -2.39. The molecule has 4 heterocycles. The van der Waals surface area contributed by atoms with Crippen LogP contribution in [0, 0.1) is 18.3 Å². The van der Waals surface area contributed by atoms with Crippen molar-refractivity contribution in [1.82, 2.24) is 9.13 Å². The van der Waals surface area contributed by atoms with E-state index >= 15 is 0 Å². The summed E-state index contributed by atoms with van der Waals surface area (Å²) in [5.74, 6) is 0.543. The van der Waals surface area contributed by atoms with E-state index in [-0.39, 0.29) is 12.0 Å². The lowest BCUT2D eigenvalue weighted by Crippen LogP contribution is -2.22. The fraction of sp³-hybridized carbons (Fsp3) is 0.225. The lowest BCUT2D eigenvalue weighted by atomic mass is 9.69. The van der Waals surface area contributed by atoms with E-state index in [0.717, 1.165) is 70.8 Å². The molecule has 370 valence electrons. The molecule has 0 amide bonds. The highest BCUT2D eigenvalue weighted by molar-refractivity contribution is 6.28. The SMILES string of the molecule is CCC(c1c(-c2ccccc2C)c(C2CCCCC2)c(-n2c3ccccc3c3c4c(ccc32)oc2ccccc24)c(C2CCCCC2)c1-c1ccccc1C#N)n1c2ccccc2c2c3c(ccc21)oc1ccccc13. The molecular formula is C71H59N3O2. The number of furan rings is 2. The van der Waals surface area contributed by atoms with Crippen molar-refractivity contribution in [2.75, 3.05) is 0 Å². The van der Waals surface area contributed by atoms with Gasteiger partial charge in [0.1, 0.15) is 22.3 Å². The summed E-state index contributed by atoms with van der Waals surface area (Å²) in [5.41, 5.74) is 20.9. The Morgan fingerprint density at radius 1 is 0.474 bits per heavy atom. The third kappa shape index (κ3) is 6.62. The van der Waals surface area contributed by atoms with E-state index in [4.69, 9.17) is 8.83 Å². The first-order valence-electron chi connectivity index (χ1n) is 28.1. The normalized spacial score (nSPS) is 15.4. The second kappa shape index (κ2) is 17.9. The second-order valence-electron chi connectivity index (χ2n) is 22.0. The minimum Gasteiger partial charge on any atom is -0.456 e. The smallest absolute Gasteiger partial charge is 0.136 e. The summed E-state index contributed by atoms with van der Waals surface area (Å²) in [6, 6.07) is 64.9. The largest absolute Gasteiger partial charge is 0.456 e. The number of rotatable bonds is 8. The Bertz CT molecular complexity index is 4520. The van der Waals surface area contributed by atoms with Gasteiger partial charge in [-0.15, -0.1) is 0 Å². The van der Waals surface area contributed by atoms with Gasteiger partial charge >= 0.3 is 0 Å². The predicted octanol–water partition coefficient (Wildman–Crippen LogP) is 20.3. The van der Waals surface area contributed by atoms with Crippen molar-refractivity contribution in [3.63, 3.8) is 0 Å². The van der Waals surface area contributed by atoms with Gasteiger partial charge in [0.2, 0.25) is 0 Å². The van der Waals surface area contributed by atoms with Crippen LogP contribution in [0.1, 0.15) is 123 Å². The average molecular weight is 986 g/mol. The van der Waals surface area contributed by atoms with Crippen molar-refractivity contribution in [3.05, 3.63) is 198 Å². The molecule has 4 aromatic heterocycles. The van der Waals surface area contributed by atoms with Crippen molar-refractivity contribution in [1.29, 1.82) is 5.26 Å². The van der Waals surface area contributed by atoms with E-state index in [1.165, 1.54) is 138 Å². The molecule has 2 aliphatic carbocycles. The Morgan fingerprint density at radius 3 is 1.57 bits per heavy atom. The van der Waals surface area contributed by atoms with Crippen LogP contribution in [-0.2, 0) is 0 Å². The van der Waals surface area contributed by atoms with Gasteiger partial charge in [-0.2, -0.15) is 5.26 Å². The maximum atomic E-state index is 11.5. The van der Waals surface area contributed by atoms with Crippen molar-refractivity contribution >= 4 is 87.5 Å². The van der Waals surface area contributed by atoms with Crippen LogP contribution in [0.4, 0.5) is 0 Å². The number of nitriles is 1. The number of aromatic nitrogens is 2. The quantitative estimate of drug-likeness (QED) is 0.152. The van der Waals surface area contributed by atoms with Gasteiger partial charge in [0.05, 0.1) is 39.9 Å². The Kier molecular flexibility index (Phi) is 10.6. The van der Waals surface area contributed by atoms with Gasteiger partial charge in [-0.05, 0) is 144 Å². The molecule has 76 heavy (non-hydrogen) atoms. The molecule has 0 bridgehead atoms. The summed E-state index contributed by atoms with van der Waals surface area (Å²) >= 11 is 0. The Labute approximate surface area is 442 Å². The minimum absolute atomic E-state index is 0.136. The first-order valence-corrected chi connectivity index (χ1v) is 28.1. The first-order chi connectivity index (χ1) is 37.6. The van der Waals surface area contributed by atoms with Crippen LogP contribution in [0.25, 0.3) is 115 Å². The number of hydrogen-bond donors (Lipinski definition) is 0. The molecule has 15 rings (SSSR count). The summed E-state index contributed by atoms with van der Waals surface area (Å²) in [6.07, 6.45) is 12.5. The van der Waals surface area contributed by atoms with Gasteiger partial charge in [0.15, 0.2) is 0 Å². The highest BCUT2D eigenvalue weighted by Gasteiger charge is 2.39. The van der Waals surface area contributed by atoms with E-state index in [1.54, 1.807) is 0 Å². The van der Waals surface area contributed by atoms with Crippen LogP contribution in [0.2, 0.25) is 0 Å². The van der Waals surface area contributed by atoms with Crippen molar-refractivity contribution in [2.45, 2.75) is 102 Å². The molecule has 0 aliphatic heterocycles.